The molecule has 0 aliphatic carbocycles. The van der Waals surface area contributed by atoms with Crippen molar-refractivity contribution in [1.82, 2.24) is 19.5 Å². The number of ether oxygens (including phenoxy) is 2. The molecule has 3 rings (SSSR count). The van der Waals surface area contributed by atoms with E-state index < -0.39 is 0 Å². The number of benzene rings is 1. The van der Waals surface area contributed by atoms with Gasteiger partial charge in [-0.1, -0.05) is 6.07 Å². The highest BCUT2D eigenvalue weighted by atomic mass is 16.5. The molecule has 2 heterocycles. The predicted octanol–water partition coefficient (Wildman–Crippen LogP) is 2.71. The van der Waals surface area contributed by atoms with Gasteiger partial charge in [-0.2, -0.15) is 0 Å². The van der Waals surface area contributed by atoms with Crippen molar-refractivity contribution in [3.63, 3.8) is 0 Å². The fourth-order valence-corrected chi connectivity index (χ4v) is 2.59. The Bertz CT molecular complexity index is 865. The van der Waals surface area contributed by atoms with Gasteiger partial charge in [0.15, 0.2) is 28.5 Å². The molecule has 0 aliphatic heterocycles. The van der Waals surface area contributed by atoms with Gasteiger partial charge in [-0.15, -0.1) is 0 Å². The maximum absolute atomic E-state index is 9.67. The summed E-state index contributed by atoms with van der Waals surface area (Å²) < 4.78 is 12.6. The van der Waals surface area contributed by atoms with E-state index in [9.17, 15) is 5.11 Å². The molecule has 1 atom stereocenters. The lowest BCUT2D eigenvalue weighted by Crippen LogP contribution is -2.09. The van der Waals surface area contributed by atoms with Crippen molar-refractivity contribution >= 4 is 17.0 Å². The molecule has 1 unspecified atom stereocenters. The van der Waals surface area contributed by atoms with Gasteiger partial charge in [0.2, 0.25) is 0 Å². The molecule has 0 bridgehead atoms. The first-order valence-electron chi connectivity index (χ1n) is 8.03. The Morgan fingerprint density at radius 1 is 1.28 bits per heavy atom. The van der Waals surface area contributed by atoms with Gasteiger partial charge in [0.25, 0.3) is 0 Å². The lowest BCUT2D eigenvalue weighted by atomic mass is 10.2. The highest BCUT2D eigenvalue weighted by Crippen LogP contribution is 2.27. The van der Waals surface area contributed by atoms with E-state index in [4.69, 9.17) is 9.47 Å². The number of aromatic hydroxyl groups is 1. The predicted molar refractivity (Wildman–Crippen MR) is 93.6 cm³/mol. The third-order valence-electron chi connectivity index (χ3n) is 3.86. The van der Waals surface area contributed by atoms with Gasteiger partial charge in [-0.05, 0) is 31.5 Å². The zero-order valence-corrected chi connectivity index (χ0v) is 14.4. The van der Waals surface area contributed by atoms with E-state index >= 15 is 0 Å². The Morgan fingerprint density at radius 3 is 2.88 bits per heavy atom. The molecule has 1 aromatic carbocycles. The topological polar surface area (TPSA) is 94.3 Å². The van der Waals surface area contributed by atoms with Gasteiger partial charge >= 0.3 is 0 Å². The molecular weight excluding hydrogens is 322 g/mol. The molecule has 0 aliphatic rings. The minimum atomic E-state index is -0.154. The maximum atomic E-state index is 9.67. The molecule has 132 valence electrons. The molecule has 0 fully saturated rings. The molecule has 8 heteroatoms. The van der Waals surface area contributed by atoms with E-state index in [1.165, 1.54) is 13.4 Å². The Balaban J connectivity index is 1.82. The number of fused-ring (bicyclic) bond motifs is 1. The van der Waals surface area contributed by atoms with Gasteiger partial charge in [-0.25, -0.2) is 15.0 Å². The number of methoxy groups -OCH3 is 1. The number of phenolic OH excluding ortho intramolecular Hbond substituents is 1. The molecule has 0 spiro atoms. The quantitative estimate of drug-likeness (QED) is 0.681. The summed E-state index contributed by atoms with van der Waals surface area (Å²) in [5, 5.41) is 12.9. The molecular formula is C17H21N5O3. The first kappa shape index (κ1) is 17.0. The summed E-state index contributed by atoms with van der Waals surface area (Å²) in [6.07, 6.45) is 3.05. The summed E-state index contributed by atoms with van der Waals surface area (Å²) in [7, 11) is 1.52. The molecule has 0 radical (unpaired) electrons. The minimum Gasteiger partial charge on any atom is -0.504 e. The van der Waals surface area contributed by atoms with E-state index in [2.05, 4.69) is 20.3 Å². The SMILES string of the molecule is CCOC(C)n1cnc2c(NCc3ccc(O)c(OC)c3)ncnc21. The summed E-state index contributed by atoms with van der Waals surface area (Å²) >= 11 is 0. The van der Waals surface area contributed by atoms with Crippen LogP contribution in [0, 0.1) is 0 Å². The Kier molecular flexibility index (Phi) is 4.99. The van der Waals surface area contributed by atoms with Crippen LogP contribution in [0.15, 0.2) is 30.9 Å². The number of imidazole rings is 1. The Morgan fingerprint density at radius 2 is 2.12 bits per heavy atom. The fraction of sp³-hybridized carbons (Fsp3) is 0.353. The molecule has 0 saturated heterocycles. The number of aromatic nitrogens is 4. The summed E-state index contributed by atoms with van der Waals surface area (Å²) in [6.45, 7) is 5.02. The highest BCUT2D eigenvalue weighted by molar-refractivity contribution is 5.82. The standard InChI is InChI=1S/C17H21N5O3/c1-4-25-11(2)22-10-21-15-16(19-9-20-17(15)22)18-8-12-5-6-13(23)14(7-12)24-3/h5-7,9-11,23H,4,8H2,1-3H3,(H,18,19,20). The van der Waals surface area contributed by atoms with Crippen LogP contribution in [0.5, 0.6) is 11.5 Å². The van der Waals surface area contributed by atoms with Crippen LogP contribution in [0.1, 0.15) is 25.6 Å². The third kappa shape index (κ3) is 3.48. The van der Waals surface area contributed by atoms with Crippen LogP contribution in [-0.4, -0.2) is 38.3 Å². The van der Waals surface area contributed by atoms with Gasteiger partial charge in [0.1, 0.15) is 12.6 Å². The summed E-state index contributed by atoms with van der Waals surface area (Å²) in [5.41, 5.74) is 2.34. The second-order valence-electron chi connectivity index (χ2n) is 5.46. The second-order valence-corrected chi connectivity index (χ2v) is 5.46. The molecule has 8 nitrogen and oxygen atoms in total. The van der Waals surface area contributed by atoms with Crippen molar-refractivity contribution in [2.45, 2.75) is 26.6 Å². The minimum absolute atomic E-state index is 0.110. The van der Waals surface area contributed by atoms with Crippen LogP contribution in [0.3, 0.4) is 0 Å². The lowest BCUT2D eigenvalue weighted by molar-refractivity contribution is 0.0272. The van der Waals surface area contributed by atoms with Crippen LogP contribution in [0.2, 0.25) is 0 Å². The van der Waals surface area contributed by atoms with E-state index in [0.29, 0.717) is 35.9 Å². The van der Waals surface area contributed by atoms with Gasteiger partial charge < -0.3 is 19.9 Å². The fourth-order valence-electron chi connectivity index (χ4n) is 2.59. The number of rotatable bonds is 7. The monoisotopic (exact) mass is 343 g/mol. The van der Waals surface area contributed by atoms with Crippen molar-refractivity contribution in [2.75, 3.05) is 19.0 Å². The summed E-state index contributed by atoms with van der Waals surface area (Å²) in [5.74, 6) is 1.18. The van der Waals surface area contributed by atoms with Crippen LogP contribution in [-0.2, 0) is 11.3 Å². The van der Waals surface area contributed by atoms with Gasteiger partial charge in [-0.3, -0.25) is 4.57 Å². The first-order chi connectivity index (χ1) is 12.1. The molecule has 25 heavy (non-hydrogen) atoms. The van der Waals surface area contributed by atoms with Gasteiger partial charge in [0.05, 0.1) is 13.4 Å². The molecule has 3 aromatic rings. The summed E-state index contributed by atoms with van der Waals surface area (Å²) in [4.78, 5) is 13.0. The van der Waals surface area contributed by atoms with E-state index in [0.717, 1.165) is 5.56 Å². The van der Waals surface area contributed by atoms with Gasteiger partial charge in [0, 0.05) is 13.2 Å². The van der Waals surface area contributed by atoms with E-state index in [1.807, 2.05) is 24.5 Å². The third-order valence-corrected chi connectivity index (χ3v) is 3.86. The number of nitrogens with one attached hydrogen (secondary N) is 1. The van der Waals surface area contributed by atoms with E-state index in [1.54, 1.807) is 18.5 Å². The van der Waals surface area contributed by atoms with Crippen molar-refractivity contribution in [1.29, 1.82) is 0 Å². The van der Waals surface area contributed by atoms with E-state index in [-0.39, 0.29) is 12.0 Å². The highest BCUT2D eigenvalue weighted by Gasteiger charge is 2.14. The molecule has 0 amide bonds. The average molecular weight is 343 g/mol. The first-order valence-corrected chi connectivity index (χ1v) is 8.03. The number of hydrogen-bond acceptors (Lipinski definition) is 7. The summed E-state index contributed by atoms with van der Waals surface area (Å²) in [6, 6.07) is 5.19. The van der Waals surface area contributed by atoms with Crippen molar-refractivity contribution in [2.24, 2.45) is 0 Å². The lowest BCUT2D eigenvalue weighted by Gasteiger charge is -2.13. The molecule has 2 N–H and O–H groups in total. The second kappa shape index (κ2) is 7.35. The van der Waals surface area contributed by atoms with Crippen LogP contribution >= 0.6 is 0 Å². The number of hydrogen-bond donors (Lipinski definition) is 2. The number of phenols is 1. The largest absolute Gasteiger partial charge is 0.504 e. The number of nitrogens with zero attached hydrogens (tertiary/aromatic N) is 4. The van der Waals surface area contributed by atoms with Crippen molar-refractivity contribution in [3.05, 3.63) is 36.4 Å². The average Bonchev–Trinajstić information content (AvgIpc) is 3.06. The zero-order valence-electron chi connectivity index (χ0n) is 14.4. The van der Waals surface area contributed by atoms with Crippen LogP contribution in [0.4, 0.5) is 5.82 Å². The Labute approximate surface area is 145 Å². The van der Waals surface area contributed by atoms with Crippen molar-refractivity contribution in [3.8, 4) is 11.5 Å². The van der Waals surface area contributed by atoms with Crippen LogP contribution in [0.25, 0.3) is 11.2 Å². The molecule has 2 aromatic heterocycles. The smallest absolute Gasteiger partial charge is 0.167 e. The normalized spacial score (nSPS) is 12.3. The number of anilines is 1. The maximum Gasteiger partial charge on any atom is 0.167 e. The zero-order chi connectivity index (χ0) is 17.8. The van der Waals surface area contributed by atoms with Crippen LogP contribution < -0.4 is 10.1 Å². The molecule has 0 saturated carbocycles. The Hall–Kier alpha value is -2.87. The van der Waals surface area contributed by atoms with Crippen molar-refractivity contribution < 1.29 is 14.6 Å².